The van der Waals surface area contributed by atoms with Crippen molar-refractivity contribution in [1.29, 1.82) is 0 Å². The molecule has 2 aliphatic rings. The molecular weight excluding hydrogens is 467 g/mol. The van der Waals surface area contributed by atoms with E-state index < -0.39 is 21.8 Å². The third-order valence-electron chi connectivity index (χ3n) is 5.37. The lowest BCUT2D eigenvalue weighted by atomic mass is 9.95. The maximum Gasteiger partial charge on any atom is 0.257 e. The topological polar surface area (TPSA) is 92.3 Å². The Bertz CT molecular complexity index is 1130. The Hall–Kier alpha value is -1.61. The second kappa shape index (κ2) is 8.49. The summed E-state index contributed by atoms with van der Waals surface area (Å²) in [5.74, 6) is -0.729. The molecule has 0 radical (unpaired) electrons. The maximum absolute atomic E-state index is 13.1. The van der Waals surface area contributed by atoms with Crippen molar-refractivity contribution in [2.75, 3.05) is 16.8 Å². The normalized spacial score (nSPS) is 19.9. The van der Waals surface area contributed by atoms with Crippen LogP contribution in [0.15, 0.2) is 18.2 Å². The fourth-order valence-electron chi connectivity index (χ4n) is 3.90. The van der Waals surface area contributed by atoms with Crippen molar-refractivity contribution in [2.24, 2.45) is 0 Å². The van der Waals surface area contributed by atoms with Crippen LogP contribution in [0.5, 0.6) is 0 Å². The van der Waals surface area contributed by atoms with E-state index >= 15 is 0 Å². The maximum atomic E-state index is 13.1. The number of amides is 2. The highest BCUT2D eigenvalue weighted by molar-refractivity contribution is 7.91. The number of carbonyl (C=O) groups is 2. The Morgan fingerprint density at radius 3 is 2.57 bits per heavy atom. The first-order valence-corrected chi connectivity index (χ1v) is 13.0. The number of benzene rings is 1. The van der Waals surface area contributed by atoms with Crippen LogP contribution in [0, 0.1) is 0 Å². The van der Waals surface area contributed by atoms with Crippen LogP contribution in [0.4, 0.5) is 5.00 Å². The number of carbonyl (C=O) groups excluding carboxylic acids is 2. The summed E-state index contributed by atoms with van der Waals surface area (Å²) in [5.41, 5.74) is 1.65. The molecule has 2 aromatic rings. The smallest absolute Gasteiger partial charge is 0.257 e. The number of sulfone groups is 1. The zero-order valence-electron chi connectivity index (χ0n) is 16.0. The molecule has 4 rings (SSSR count). The first-order chi connectivity index (χ1) is 14.2. The van der Waals surface area contributed by atoms with Crippen LogP contribution in [0.25, 0.3) is 0 Å². The number of anilines is 1. The zero-order chi connectivity index (χ0) is 21.5. The van der Waals surface area contributed by atoms with Crippen molar-refractivity contribution >= 4 is 61.2 Å². The van der Waals surface area contributed by atoms with Crippen molar-refractivity contribution in [1.82, 2.24) is 5.32 Å². The van der Waals surface area contributed by atoms with Gasteiger partial charge in [-0.1, -0.05) is 23.2 Å². The van der Waals surface area contributed by atoms with Gasteiger partial charge in [0.15, 0.2) is 9.84 Å². The molecule has 0 spiro atoms. The van der Waals surface area contributed by atoms with Crippen molar-refractivity contribution in [3.05, 3.63) is 49.8 Å². The van der Waals surface area contributed by atoms with Crippen molar-refractivity contribution < 1.29 is 18.0 Å². The number of hydrogen-bond acceptors (Lipinski definition) is 5. The van der Waals surface area contributed by atoms with E-state index in [0.29, 0.717) is 22.0 Å². The van der Waals surface area contributed by atoms with Gasteiger partial charge in [0.1, 0.15) is 5.00 Å². The minimum Gasteiger partial charge on any atom is -0.348 e. The van der Waals surface area contributed by atoms with Gasteiger partial charge in [-0.05, 0) is 55.9 Å². The molecule has 1 aromatic heterocycles. The number of aryl methyl sites for hydroxylation is 1. The van der Waals surface area contributed by atoms with Crippen molar-refractivity contribution in [2.45, 2.75) is 38.1 Å². The molecule has 1 atom stereocenters. The standard InChI is InChI=1S/C20H20Cl2N2O4S2/c21-11-5-6-13(15(22)9-11)18(25)24-20-17(14-3-1-2-4-16(14)29-20)19(26)23-12-7-8-30(27,28)10-12/h5-6,9,12H,1-4,7-8,10H2,(H,23,26)(H,24,25). The van der Waals surface area contributed by atoms with E-state index in [1.165, 1.54) is 23.5 Å². The summed E-state index contributed by atoms with van der Waals surface area (Å²) in [5, 5.41) is 6.81. The molecule has 10 heteroatoms. The summed E-state index contributed by atoms with van der Waals surface area (Å²) in [6.07, 6.45) is 4.03. The molecule has 6 nitrogen and oxygen atoms in total. The Morgan fingerprint density at radius 1 is 1.10 bits per heavy atom. The van der Waals surface area contributed by atoms with Crippen molar-refractivity contribution in [3.63, 3.8) is 0 Å². The monoisotopic (exact) mass is 486 g/mol. The van der Waals surface area contributed by atoms with Crippen LogP contribution >= 0.6 is 34.5 Å². The van der Waals surface area contributed by atoms with Gasteiger partial charge >= 0.3 is 0 Å². The van der Waals surface area contributed by atoms with Gasteiger partial charge in [0, 0.05) is 15.9 Å². The van der Waals surface area contributed by atoms with Gasteiger partial charge < -0.3 is 10.6 Å². The molecule has 160 valence electrons. The fourth-order valence-corrected chi connectivity index (χ4v) is 7.35. The molecule has 1 saturated heterocycles. The highest BCUT2D eigenvalue weighted by Crippen LogP contribution is 2.39. The highest BCUT2D eigenvalue weighted by atomic mass is 35.5. The van der Waals surface area contributed by atoms with Crippen LogP contribution in [-0.4, -0.2) is 37.8 Å². The molecule has 1 aliphatic heterocycles. The second-order valence-corrected chi connectivity index (χ2v) is 11.7. The molecule has 0 saturated carbocycles. The number of halogens is 2. The van der Waals surface area contributed by atoms with E-state index in [0.717, 1.165) is 36.1 Å². The first kappa shape index (κ1) is 21.6. The number of rotatable bonds is 4. The van der Waals surface area contributed by atoms with Gasteiger partial charge in [-0.2, -0.15) is 0 Å². The molecule has 30 heavy (non-hydrogen) atoms. The average molecular weight is 487 g/mol. The molecule has 2 amide bonds. The zero-order valence-corrected chi connectivity index (χ0v) is 19.1. The molecule has 2 N–H and O–H groups in total. The van der Waals surface area contributed by atoms with Crippen LogP contribution in [0.2, 0.25) is 10.0 Å². The second-order valence-electron chi connectivity index (χ2n) is 7.57. The molecule has 2 heterocycles. The van der Waals surface area contributed by atoms with Gasteiger partial charge in [0.2, 0.25) is 0 Å². The van der Waals surface area contributed by atoms with E-state index in [4.69, 9.17) is 23.2 Å². The van der Waals surface area contributed by atoms with E-state index in [2.05, 4.69) is 10.6 Å². The van der Waals surface area contributed by atoms with Gasteiger partial charge in [-0.15, -0.1) is 11.3 Å². The van der Waals surface area contributed by atoms with E-state index in [9.17, 15) is 18.0 Å². The van der Waals surface area contributed by atoms with Crippen molar-refractivity contribution in [3.8, 4) is 0 Å². The van der Waals surface area contributed by atoms with Gasteiger partial charge in [-0.3, -0.25) is 9.59 Å². The van der Waals surface area contributed by atoms with E-state index in [1.807, 2.05) is 0 Å². The van der Waals surface area contributed by atoms with Gasteiger partial charge in [-0.25, -0.2) is 8.42 Å². The van der Waals surface area contributed by atoms with Crippen LogP contribution in [0.3, 0.4) is 0 Å². The van der Waals surface area contributed by atoms with Crippen LogP contribution < -0.4 is 10.6 Å². The molecule has 0 bridgehead atoms. The largest absolute Gasteiger partial charge is 0.348 e. The fraction of sp³-hybridized carbons (Fsp3) is 0.400. The lowest BCUT2D eigenvalue weighted by molar-refractivity contribution is 0.0941. The lowest BCUT2D eigenvalue weighted by Crippen LogP contribution is -2.36. The Balaban J connectivity index is 1.62. The summed E-state index contributed by atoms with van der Waals surface area (Å²) in [6.45, 7) is 0. The lowest BCUT2D eigenvalue weighted by Gasteiger charge is -2.15. The third-order valence-corrected chi connectivity index (χ3v) is 8.89. The summed E-state index contributed by atoms with van der Waals surface area (Å²) < 4.78 is 23.5. The van der Waals surface area contributed by atoms with E-state index in [-0.39, 0.29) is 28.0 Å². The summed E-state index contributed by atoms with van der Waals surface area (Å²) >= 11 is 13.5. The predicted octanol–water partition coefficient (Wildman–Crippen LogP) is 4.10. The predicted molar refractivity (Wildman–Crippen MR) is 120 cm³/mol. The highest BCUT2D eigenvalue weighted by Gasteiger charge is 2.32. The first-order valence-electron chi connectivity index (χ1n) is 9.66. The Kier molecular flexibility index (Phi) is 6.12. The number of thiophene rings is 1. The molecule has 1 fully saturated rings. The van der Waals surface area contributed by atoms with Crippen LogP contribution in [0.1, 0.15) is 50.4 Å². The molecule has 1 aromatic carbocycles. The molecule has 1 aliphatic carbocycles. The summed E-state index contributed by atoms with van der Waals surface area (Å²) in [7, 11) is -3.11. The molecular formula is C20H20Cl2N2O4S2. The average Bonchev–Trinajstić information content (AvgIpc) is 3.20. The van der Waals surface area contributed by atoms with Gasteiger partial charge in [0.25, 0.3) is 11.8 Å². The number of fused-ring (bicyclic) bond motifs is 1. The number of hydrogen-bond donors (Lipinski definition) is 2. The van der Waals surface area contributed by atoms with Crippen LogP contribution in [-0.2, 0) is 22.7 Å². The minimum atomic E-state index is -3.11. The Labute approximate surface area is 188 Å². The quantitative estimate of drug-likeness (QED) is 0.679. The SMILES string of the molecule is O=C(Nc1sc2c(c1C(=O)NC1CCS(=O)(=O)C1)CCCC2)c1ccc(Cl)cc1Cl. The summed E-state index contributed by atoms with van der Waals surface area (Å²) in [4.78, 5) is 27.0. The minimum absolute atomic E-state index is 0.0485. The summed E-state index contributed by atoms with van der Waals surface area (Å²) in [6, 6.07) is 4.20. The Morgan fingerprint density at radius 2 is 1.87 bits per heavy atom. The molecule has 1 unspecified atom stereocenters. The third kappa shape index (κ3) is 4.51. The van der Waals surface area contributed by atoms with E-state index in [1.54, 1.807) is 6.07 Å². The van der Waals surface area contributed by atoms with Gasteiger partial charge in [0.05, 0.1) is 27.7 Å². The number of nitrogens with one attached hydrogen (secondary N) is 2.